The third-order valence-electron chi connectivity index (χ3n) is 5.49. The number of carbonyl (C=O) groups is 2. The number of likely N-dealkylation sites (tertiary alicyclic amines) is 2. The van der Waals surface area contributed by atoms with E-state index in [0.717, 1.165) is 19.6 Å². The third-order valence-corrected chi connectivity index (χ3v) is 5.49. The standard InChI is InChI=1S/C19H19N5O2/c1-22-9-12-10-23(16(12)11-22)19(26)24-15-7-3-2-6-14(15)21-18(25)13-5-4-8-20-17(13)24/h2-8,12,16H,9-11H2,1H3,(H,21,25). The molecule has 0 radical (unpaired) electrons. The molecule has 0 spiro atoms. The number of urea groups is 1. The number of aromatic nitrogens is 1. The number of nitrogens with one attached hydrogen (secondary N) is 1. The summed E-state index contributed by atoms with van der Waals surface area (Å²) in [7, 11) is 2.08. The second-order valence-corrected chi connectivity index (χ2v) is 7.16. The van der Waals surface area contributed by atoms with Crippen LogP contribution in [0.4, 0.5) is 22.0 Å². The van der Waals surface area contributed by atoms with Crippen LogP contribution in [0, 0.1) is 5.92 Å². The molecule has 2 unspecified atom stereocenters. The highest BCUT2D eigenvalue weighted by Gasteiger charge is 2.49. The number of para-hydroxylation sites is 2. The number of nitrogens with zero attached hydrogens (tertiary/aromatic N) is 4. The first-order chi connectivity index (χ1) is 12.6. The van der Waals surface area contributed by atoms with Crippen LogP contribution in [0.2, 0.25) is 0 Å². The molecule has 7 heteroatoms. The molecule has 5 rings (SSSR count). The molecule has 0 saturated carbocycles. The van der Waals surface area contributed by atoms with Gasteiger partial charge < -0.3 is 15.1 Å². The van der Waals surface area contributed by atoms with Crippen molar-refractivity contribution in [3.05, 3.63) is 48.2 Å². The van der Waals surface area contributed by atoms with Crippen molar-refractivity contribution in [3.8, 4) is 0 Å². The Morgan fingerprint density at radius 3 is 2.85 bits per heavy atom. The summed E-state index contributed by atoms with van der Waals surface area (Å²) in [6.07, 6.45) is 1.61. The highest BCUT2D eigenvalue weighted by molar-refractivity contribution is 6.16. The van der Waals surface area contributed by atoms with Crippen LogP contribution < -0.4 is 10.2 Å². The van der Waals surface area contributed by atoms with Gasteiger partial charge in [0.1, 0.15) is 0 Å². The summed E-state index contributed by atoms with van der Waals surface area (Å²) < 4.78 is 0. The number of carbonyl (C=O) groups excluding carboxylic acids is 2. The number of benzene rings is 1. The van der Waals surface area contributed by atoms with Crippen LogP contribution in [0.3, 0.4) is 0 Å². The SMILES string of the molecule is CN1CC2CN(C(=O)N3c4ccccc4NC(=O)c4cccnc43)C2C1. The number of likely N-dealkylation sites (N-methyl/N-ethyl adjacent to an activating group) is 1. The van der Waals surface area contributed by atoms with E-state index >= 15 is 0 Å². The van der Waals surface area contributed by atoms with Crippen molar-refractivity contribution in [1.29, 1.82) is 0 Å². The normalized spacial score (nSPS) is 24.1. The lowest BCUT2D eigenvalue weighted by Gasteiger charge is -2.45. The minimum absolute atomic E-state index is 0.120. The van der Waals surface area contributed by atoms with E-state index in [1.54, 1.807) is 23.2 Å². The van der Waals surface area contributed by atoms with E-state index in [2.05, 4.69) is 22.2 Å². The average molecular weight is 349 g/mol. The van der Waals surface area contributed by atoms with Crippen LogP contribution >= 0.6 is 0 Å². The Kier molecular flexibility index (Phi) is 3.27. The molecule has 26 heavy (non-hydrogen) atoms. The lowest BCUT2D eigenvalue weighted by molar-refractivity contribution is 0.0889. The molecule has 1 aromatic carbocycles. The van der Waals surface area contributed by atoms with E-state index in [0.29, 0.717) is 28.7 Å². The second kappa shape index (κ2) is 5.54. The van der Waals surface area contributed by atoms with E-state index in [-0.39, 0.29) is 18.0 Å². The van der Waals surface area contributed by atoms with Crippen LogP contribution in [0.15, 0.2) is 42.6 Å². The number of fused-ring (bicyclic) bond motifs is 3. The quantitative estimate of drug-likeness (QED) is 0.791. The maximum absolute atomic E-state index is 13.5. The number of anilines is 3. The molecule has 1 aromatic heterocycles. The number of amides is 3. The van der Waals surface area contributed by atoms with Gasteiger partial charge in [-0.3, -0.25) is 4.79 Å². The van der Waals surface area contributed by atoms with Gasteiger partial charge in [0.05, 0.1) is 23.0 Å². The third kappa shape index (κ3) is 2.13. The van der Waals surface area contributed by atoms with Gasteiger partial charge >= 0.3 is 6.03 Å². The fourth-order valence-electron chi connectivity index (χ4n) is 4.22. The van der Waals surface area contributed by atoms with Crippen molar-refractivity contribution in [2.24, 2.45) is 5.92 Å². The van der Waals surface area contributed by atoms with Crippen LogP contribution in [-0.4, -0.2) is 59.4 Å². The molecule has 2 atom stereocenters. The zero-order valence-electron chi connectivity index (χ0n) is 14.4. The zero-order valence-corrected chi connectivity index (χ0v) is 14.4. The largest absolute Gasteiger partial charge is 0.330 e. The highest BCUT2D eigenvalue weighted by atomic mass is 16.2. The van der Waals surface area contributed by atoms with Crippen LogP contribution in [0.1, 0.15) is 10.4 Å². The summed E-state index contributed by atoms with van der Waals surface area (Å²) in [6.45, 7) is 2.66. The van der Waals surface area contributed by atoms with Crippen molar-refractivity contribution in [3.63, 3.8) is 0 Å². The fraction of sp³-hybridized carbons (Fsp3) is 0.316. The molecule has 132 valence electrons. The van der Waals surface area contributed by atoms with Gasteiger partial charge in [0.2, 0.25) is 0 Å². The molecule has 3 aliphatic rings. The van der Waals surface area contributed by atoms with Crippen LogP contribution in [-0.2, 0) is 0 Å². The lowest BCUT2D eigenvalue weighted by atomic mass is 9.92. The number of hydrogen-bond acceptors (Lipinski definition) is 4. The number of rotatable bonds is 0. The minimum atomic E-state index is -0.252. The molecule has 4 heterocycles. The smallest absolute Gasteiger partial charge is 0.320 e. The van der Waals surface area contributed by atoms with Crippen LogP contribution in [0.5, 0.6) is 0 Å². The van der Waals surface area contributed by atoms with E-state index in [4.69, 9.17) is 0 Å². The first-order valence-electron chi connectivity index (χ1n) is 8.78. The first-order valence-corrected chi connectivity index (χ1v) is 8.78. The van der Waals surface area contributed by atoms with Gasteiger partial charge in [-0.25, -0.2) is 14.7 Å². The topological polar surface area (TPSA) is 68.8 Å². The monoisotopic (exact) mass is 349 g/mol. The van der Waals surface area contributed by atoms with Gasteiger partial charge in [0.15, 0.2) is 5.82 Å². The van der Waals surface area contributed by atoms with Gasteiger partial charge in [-0.15, -0.1) is 0 Å². The zero-order chi connectivity index (χ0) is 17.8. The van der Waals surface area contributed by atoms with E-state index in [1.165, 1.54) is 0 Å². The Hall–Kier alpha value is -2.93. The Balaban J connectivity index is 1.60. The second-order valence-electron chi connectivity index (χ2n) is 7.16. The maximum atomic E-state index is 13.5. The summed E-state index contributed by atoms with van der Waals surface area (Å²) in [5.41, 5.74) is 1.67. The summed E-state index contributed by atoms with van der Waals surface area (Å²) in [6, 6.07) is 10.9. The highest BCUT2D eigenvalue weighted by Crippen LogP contribution is 2.40. The van der Waals surface area contributed by atoms with Crippen LogP contribution in [0.25, 0.3) is 0 Å². The molecule has 0 aliphatic carbocycles. The van der Waals surface area contributed by atoms with Crippen molar-refractivity contribution >= 4 is 29.1 Å². The van der Waals surface area contributed by atoms with Gasteiger partial charge in [-0.05, 0) is 31.3 Å². The molecule has 2 saturated heterocycles. The maximum Gasteiger partial charge on any atom is 0.330 e. The predicted octanol–water partition coefficient (Wildman–Crippen LogP) is 2.15. The summed E-state index contributed by atoms with van der Waals surface area (Å²) in [4.78, 5) is 36.2. The molecule has 7 nitrogen and oxygen atoms in total. The molecule has 3 aliphatic heterocycles. The van der Waals surface area contributed by atoms with E-state index in [9.17, 15) is 9.59 Å². The summed E-state index contributed by atoms with van der Waals surface area (Å²) in [5.74, 6) is 0.668. The average Bonchev–Trinajstić information content (AvgIpc) is 2.85. The predicted molar refractivity (Wildman–Crippen MR) is 97.6 cm³/mol. The molecule has 2 aromatic rings. The molecular formula is C19H19N5O2. The molecular weight excluding hydrogens is 330 g/mol. The molecule has 1 N–H and O–H groups in total. The minimum Gasteiger partial charge on any atom is -0.320 e. The Morgan fingerprint density at radius 1 is 1.15 bits per heavy atom. The van der Waals surface area contributed by atoms with E-state index < -0.39 is 0 Å². The van der Waals surface area contributed by atoms with Crippen molar-refractivity contribution in [2.45, 2.75) is 6.04 Å². The van der Waals surface area contributed by atoms with E-state index in [1.807, 2.05) is 29.2 Å². The first kappa shape index (κ1) is 15.3. The molecule has 2 fully saturated rings. The van der Waals surface area contributed by atoms with Gasteiger partial charge in [-0.2, -0.15) is 0 Å². The Morgan fingerprint density at radius 2 is 2.00 bits per heavy atom. The molecule has 3 amide bonds. The number of pyridine rings is 1. The fourth-order valence-corrected chi connectivity index (χ4v) is 4.22. The Labute approximate surface area is 151 Å². The van der Waals surface area contributed by atoms with Gasteiger partial charge in [0, 0.05) is 31.7 Å². The van der Waals surface area contributed by atoms with Crippen molar-refractivity contribution in [1.82, 2.24) is 14.8 Å². The number of hydrogen-bond donors (Lipinski definition) is 1. The summed E-state index contributed by atoms with van der Waals surface area (Å²) >= 11 is 0. The van der Waals surface area contributed by atoms with Crippen molar-refractivity contribution in [2.75, 3.05) is 36.9 Å². The molecule has 0 bridgehead atoms. The summed E-state index contributed by atoms with van der Waals surface area (Å²) in [5, 5.41) is 2.89. The van der Waals surface area contributed by atoms with Gasteiger partial charge in [-0.1, -0.05) is 12.1 Å². The lowest BCUT2D eigenvalue weighted by Crippen LogP contribution is -2.61. The van der Waals surface area contributed by atoms with Crippen molar-refractivity contribution < 1.29 is 9.59 Å². The van der Waals surface area contributed by atoms with Gasteiger partial charge in [0.25, 0.3) is 5.91 Å². The Bertz CT molecular complexity index is 914.